The highest BCUT2D eigenvalue weighted by Crippen LogP contribution is 2.24. The first-order valence-corrected chi connectivity index (χ1v) is 5.75. The quantitative estimate of drug-likeness (QED) is 0.782. The molecule has 0 radical (unpaired) electrons. The van der Waals surface area contributed by atoms with Crippen molar-refractivity contribution in [1.82, 2.24) is 9.88 Å². The molecule has 1 aromatic rings. The normalized spacial score (nSPS) is 22.3. The van der Waals surface area contributed by atoms with Crippen LogP contribution in [0.1, 0.15) is 16.8 Å². The van der Waals surface area contributed by atoms with E-state index in [0.29, 0.717) is 0 Å². The van der Waals surface area contributed by atoms with Gasteiger partial charge in [0, 0.05) is 19.2 Å². The Hall–Kier alpha value is -2.15. The molecule has 2 atom stereocenters. The molecule has 1 aromatic heterocycles. The van der Waals surface area contributed by atoms with Gasteiger partial charge in [0.15, 0.2) is 0 Å². The maximum Gasteiger partial charge on any atom is 0.326 e. The van der Waals surface area contributed by atoms with Crippen LogP contribution < -0.4 is 4.74 Å². The molecule has 19 heavy (non-hydrogen) atoms. The van der Waals surface area contributed by atoms with Gasteiger partial charge in [0.25, 0.3) is 5.91 Å². The van der Waals surface area contributed by atoms with Crippen LogP contribution in [0, 0.1) is 0 Å². The fourth-order valence-corrected chi connectivity index (χ4v) is 2.14. The van der Waals surface area contributed by atoms with E-state index in [1.54, 1.807) is 6.07 Å². The number of carbonyl (C=O) groups excluding carboxylic acids is 1. The first-order chi connectivity index (χ1) is 9.04. The maximum absolute atomic E-state index is 12.3. The van der Waals surface area contributed by atoms with Gasteiger partial charge in [0.1, 0.15) is 11.6 Å². The Balaban J connectivity index is 2.30. The van der Waals surface area contributed by atoms with Gasteiger partial charge < -0.3 is 19.8 Å². The van der Waals surface area contributed by atoms with Crippen LogP contribution in [0.25, 0.3) is 0 Å². The van der Waals surface area contributed by atoms with Gasteiger partial charge in [-0.1, -0.05) is 0 Å². The second kappa shape index (κ2) is 5.23. The summed E-state index contributed by atoms with van der Waals surface area (Å²) < 4.78 is 4.98. The highest BCUT2D eigenvalue weighted by molar-refractivity contribution is 5.98. The van der Waals surface area contributed by atoms with Crippen LogP contribution in [-0.4, -0.2) is 57.8 Å². The van der Waals surface area contributed by atoms with Crippen LogP contribution in [0.5, 0.6) is 5.88 Å². The average Bonchev–Trinajstić information content (AvgIpc) is 2.80. The highest BCUT2D eigenvalue weighted by atomic mass is 16.5. The number of carboxylic acid groups (broad SMARTS) is 1. The number of rotatable bonds is 3. The zero-order valence-electron chi connectivity index (χ0n) is 10.3. The van der Waals surface area contributed by atoms with Crippen molar-refractivity contribution >= 4 is 11.9 Å². The van der Waals surface area contributed by atoms with E-state index in [9.17, 15) is 14.7 Å². The molecule has 1 fully saturated rings. The largest absolute Gasteiger partial charge is 0.480 e. The summed E-state index contributed by atoms with van der Waals surface area (Å²) in [4.78, 5) is 28.4. The summed E-state index contributed by atoms with van der Waals surface area (Å²) in [6.07, 6.45) is 0.681. The lowest BCUT2D eigenvalue weighted by Gasteiger charge is -2.21. The van der Waals surface area contributed by atoms with Gasteiger partial charge in [-0.25, -0.2) is 9.78 Å². The minimum atomic E-state index is -1.13. The summed E-state index contributed by atoms with van der Waals surface area (Å²) >= 11 is 0. The predicted octanol–water partition coefficient (Wildman–Crippen LogP) is -0.250. The van der Waals surface area contributed by atoms with Crippen LogP contribution in [0.2, 0.25) is 0 Å². The fourth-order valence-electron chi connectivity index (χ4n) is 2.14. The highest BCUT2D eigenvalue weighted by Gasteiger charge is 2.40. The van der Waals surface area contributed by atoms with Gasteiger partial charge >= 0.3 is 5.97 Å². The molecule has 0 bridgehead atoms. The number of aliphatic hydroxyl groups is 1. The van der Waals surface area contributed by atoms with E-state index in [1.807, 2.05) is 0 Å². The lowest BCUT2D eigenvalue weighted by Crippen LogP contribution is -2.40. The van der Waals surface area contributed by atoms with E-state index < -0.39 is 24.0 Å². The molecule has 102 valence electrons. The first kappa shape index (κ1) is 13.3. The number of hydrogen-bond donors (Lipinski definition) is 2. The van der Waals surface area contributed by atoms with Crippen LogP contribution in [0.15, 0.2) is 18.3 Å². The number of β-amino-alcohol motifs (C(OH)–C–C–N with tert-alkyl or cyclic N) is 1. The van der Waals surface area contributed by atoms with E-state index in [2.05, 4.69) is 4.98 Å². The van der Waals surface area contributed by atoms with Crippen molar-refractivity contribution in [3.05, 3.63) is 23.9 Å². The summed E-state index contributed by atoms with van der Waals surface area (Å²) in [6.45, 7) is -0.00610. The number of aromatic nitrogens is 1. The molecule has 1 aliphatic rings. The summed E-state index contributed by atoms with van der Waals surface area (Å²) in [6, 6.07) is 2.06. The molecule has 7 nitrogen and oxygen atoms in total. The smallest absolute Gasteiger partial charge is 0.326 e. The van der Waals surface area contributed by atoms with Gasteiger partial charge in [-0.15, -0.1) is 0 Å². The van der Waals surface area contributed by atoms with Crippen molar-refractivity contribution in [2.45, 2.75) is 18.6 Å². The molecule has 2 N–H and O–H groups in total. The third kappa shape index (κ3) is 2.50. The molecule has 0 spiro atoms. The Bertz CT molecular complexity index is 505. The van der Waals surface area contributed by atoms with E-state index >= 15 is 0 Å². The number of carboxylic acids is 1. The van der Waals surface area contributed by atoms with E-state index in [4.69, 9.17) is 9.84 Å². The molecule has 7 heteroatoms. The number of likely N-dealkylation sites (tertiary alicyclic amines) is 1. The number of hydrogen-bond acceptors (Lipinski definition) is 5. The molecule has 1 saturated heterocycles. The number of aliphatic carboxylic acids is 1. The Kier molecular flexibility index (Phi) is 3.66. The number of ether oxygens (including phenoxy) is 1. The zero-order chi connectivity index (χ0) is 14.0. The van der Waals surface area contributed by atoms with Crippen LogP contribution >= 0.6 is 0 Å². The summed E-state index contributed by atoms with van der Waals surface area (Å²) in [5.41, 5.74) is 0.186. The Morgan fingerprint density at radius 1 is 1.53 bits per heavy atom. The standard InChI is InChI=1S/C12H14N2O5/c1-19-10-8(3-2-4-13-10)11(16)14-6-7(15)5-9(14)12(17)18/h2-4,7,9,15H,5-6H2,1H3,(H,17,18)/t7-,9-/m1/s1. The van der Waals surface area contributed by atoms with E-state index in [-0.39, 0.29) is 24.4 Å². The minimum Gasteiger partial charge on any atom is -0.480 e. The number of pyridine rings is 1. The molecule has 2 rings (SSSR count). The number of carbonyl (C=O) groups is 2. The lowest BCUT2D eigenvalue weighted by atomic mass is 10.2. The third-order valence-electron chi connectivity index (χ3n) is 3.02. The topological polar surface area (TPSA) is 100.0 Å². The van der Waals surface area contributed by atoms with E-state index in [0.717, 1.165) is 4.90 Å². The van der Waals surface area contributed by atoms with E-state index in [1.165, 1.54) is 19.4 Å². The van der Waals surface area contributed by atoms with Crippen molar-refractivity contribution in [3.63, 3.8) is 0 Å². The minimum absolute atomic E-state index is 0.00610. The Morgan fingerprint density at radius 2 is 2.26 bits per heavy atom. The van der Waals surface area contributed by atoms with Gasteiger partial charge in [-0.05, 0) is 12.1 Å². The first-order valence-electron chi connectivity index (χ1n) is 5.75. The maximum atomic E-state index is 12.3. The second-order valence-electron chi connectivity index (χ2n) is 4.26. The molecule has 0 aromatic carbocycles. The molecule has 1 amide bonds. The molecular formula is C12H14N2O5. The van der Waals surface area contributed by atoms with Crippen molar-refractivity contribution in [3.8, 4) is 5.88 Å². The fraction of sp³-hybridized carbons (Fsp3) is 0.417. The van der Waals surface area contributed by atoms with Gasteiger partial charge in [-0.2, -0.15) is 0 Å². The Morgan fingerprint density at radius 3 is 2.89 bits per heavy atom. The van der Waals surface area contributed by atoms with Crippen molar-refractivity contribution in [1.29, 1.82) is 0 Å². The molecule has 0 unspecified atom stereocenters. The summed E-state index contributed by atoms with van der Waals surface area (Å²) in [5, 5.41) is 18.6. The average molecular weight is 266 g/mol. The van der Waals surface area contributed by atoms with Crippen molar-refractivity contribution < 1.29 is 24.5 Å². The molecule has 0 saturated carbocycles. The Labute approximate surface area is 109 Å². The predicted molar refractivity (Wildman–Crippen MR) is 63.9 cm³/mol. The van der Waals surface area contributed by atoms with Crippen LogP contribution in [0.3, 0.4) is 0 Å². The number of methoxy groups -OCH3 is 1. The zero-order valence-corrected chi connectivity index (χ0v) is 10.3. The summed E-state index contributed by atoms with van der Waals surface area (Å²) in [5.74, 6) is -1.50. The van der Waals surface area contributed by atoms with Gasteiger partial charge in [0.2, 0.25) is 5.88 Å². The molecule has 1 aliphatic heterocycles. The number of aliphatic hydroxyl groups excluding tert-OH is 1. The molecule has 2 heterocycles. The van der Waals surface area contributed by atoms with Gasteiger partial charge in [-0.3, -0.25) is 4.79 Å². The second-order valence-corrected chi connectivity index (χ2v) is 4.26. The van der Waals surface area contributed by atoms with Crippen molar-refractivity contribution in [2.24, 2.45) is 0 Å². The SMILES string of the molecule is COc1ncccc1C(=O)N1C[C@H](O)C[C@@H]1C(=O)O. The van der Waals surface area contributed by atoms with Crippen LogP contribution in [-0.2, 0) is 4.79 Å². The van der Waals surface area contributed by atoms with Gasteiger partial charge in [0.05, 0.1) is 13.2 Å². The summed E-state index contributed by atoms with van der Waals surface area (Å²) in [7, 11) is 1.38. The number of amides is 1. The number of nitrogens with zero attached hydrogens (tertiary/aromatic N) is 2. The lowest BCUT2D eigenvalue weighted by molar-refractivity contribution is -0.141. The molecular weight excluding hydrogens is 252 g/mol. The van der Waals surface area contributed by atoms with Crippen LogP contribution in [0.4, 0.5) is 0 Å². The molecule has 0 aliphatic carbocycles. The monoisotopic (exact) mass is 266 g/mol. The third-order valence-corrected chi connectivity index (χ3v) is 3.02. The van der Waals surface area contributed by atoms with Crippen molar-refractivity contribution in [2.75, 3.05) is 13.7 Å².